The van der Waals surface area contributed by atoms with Crippen LogP contribution < -0.4 is 10.9 Å². The number of hydrogen-bond donors (Lipinski definition) is 1. The second-order valence-corrected chi connectivity index (χ2v) is 9.57. The van der Waals surface area contributed by atoms with E-state index in [9.17, 15) is 9.59 Å². The Kier molecular flexibility index (Phi) is 6.00. The number of carbonyl (C=O) groups is 1. The van der Waals surface area contributed by atoms with Crippen molar-refractivity contribution in [1.29, 1.82) is 0 Å². The molecule has 2 aromatic carbocycles. The molecule has 35 heavy (non-hydrogen) atoms. The number of anilines is 1. The second kappa shape index (κ2) is 9.13. The Morgan fingerprint density at radius 2 is 1.80 bits per heavy atom. The molecule has 1 amide bonds. The van der Waals surface area contributed by atoms with Crippen LogP contribution in [0.25, 0.3) is 28.0 Å². The van der Waals surface area contributed by atoms with Gasteiger partial charge in [0.1, 0.15) is 11.7 Å². The lowest BCUT2D eigenvalue weighted by Crippen LogP contribution is -2.32. The van der Waals surface area contributed by atoms with Gasteiger partial charge in [-0.2, -0.15) is 5.10 Å². The third-order valence-corrected chi connectivity index (χ3v) is 6.89. The van der Waals surface area contributed by atoms with Gasteiger partial charge in [-0.05, 0) is 50.6 Å². The van der Waals surface area contributed by atoms with E-state index in [4.69, 9.17) is 16.7 Å². The van der Waals surface area contributed by atoms with Crippen molar-refractivity contribution in [3.8, 4) is 16.9 Å². The van der Waals surface area contributed by atoms with Gasteiger partial charge in [0.15, 0.2) is 5.13 Å². The highest BCUT2D eigenvalue weighted by molar-refractivity contribution is 7.14. The van der Waals surface area contributed by atoms with E-state index in [1.165, 1.54) is 15.9 Å². The number of halogens is 1. The molecule has 5 rings (SSSR count). The van der Waals surface area contributed by atoms with Crippen molar-refractivity contribution in [2.75, 3.05) is 5.32 Å². The van der Waals surface area contributed by atoms with Gasteiger partial charge in [0.2, 0.25) is 5.91 Å². The van der Waals surface area contributed by atoms with Crippen molar-refractivity contribution in [1.82, 2.24) is 19.3 Å². The number of hydrogen-bond acceptors (Lipinski definition) is 5. The summed E-state index contributed by atoms with van der Waals surface area (Å²) >= 11 is 7.30. The van der Waals surface area contributed by atoms with Crippen LogP contribution >= 0.6 is 22.9 Å². The Morgan fingerprint density at radius 3 is 2.51 bits per heavy atom. The fourth-order valence-corrected chi connectivity index (χ4v) is 5.01. The monoisotopic (exact) mass is 503 g/mol. The lowest BCUT2D eigenvalue weighted by atomic mass is 10.1. The molecule has 0 aliphatic carbocycles. The molecule has 1 N–H and O–H groups in total. The lowest BCUT2D eigenvalue weighted by Gasteiger charge is -2.18. The predicted molar refractivity (Wildman–Crippen MR) is 141 cm³/mol. The first-order valence-electron chi connectivity index (χ1n) is 11.0. The molecule has 0 aliphatic rings. The Balaban J connectivity index is 1.52. The summed E-state index contributed by atoms with van der Waals surface area (Å²) in [6.45, 7) is 5.50. The van der Waals surface area contributed by atoms with Gasteiger partial charge < -0.3 is 5.32 Å². The maximum absolute atomic E-state index is 13.3. The Hall–Kier alpha value is -3.75. The number of thiazole rings is 1. The van der Waals surface area contributed by atoms with Crippen LogP contribution in [0.1, 0.15) is 24.2 Å². The molecule has 0 saturated heterocycles. The van der Waals surface area contributed by atoms with E-state index in [-0.39, 0.29) is 11.5 Å². The lowest BCUT2D eigenvalue weighted by molar-refractivity contribution is -0.118. The number of nitrogens with one attached hydrogen (secondary N) is 1. The average Bonchev–Trinajstić information content (AvgIpc) is 3.44. The van der Waals surface area contributed by atoms with Gasteiger partial charge in [-0.15, -0.1) is 11.3 Å². The van der Waals surface area contributed by atoms with Gasteiger partial charge in [-0.1, -0.05) is 41.9 Å². The fraction of sp³-hybridized carbons (Fsp3) is 0.154. The molecule has 0 saturated carbocycles. The molecule has 5 aromatic rings. The first-order chi connectivity index (χ1) is 16.8. The number of fused-ring (bicyclic) bond motifs is 1. The summed E-state index contributed by atoms with van der Waals surface area (Å²) in [4.78, 5) is 31.0. The number of benzene rings is 2. The summed E-state index contributed by atoms with van der Waals surface area (Å²) in [5, 5.41) is 11.4. The maximum atomic E-state index is 13.3. The summed E-state index contributed by atoms with van der Waals surface area (Å²) in [6.07, 6.45) is 0. The Morgan fingerprint density at radius 1 is 1.09 bits per heavy atom. The summed E-state index contributed by atoms with van der Waals surface area (Å²) in [5.74, 6) is -0.340. The van der Waals surface area contributed by atoms with Crippen molar-refractivity contribution in [3.63, 3.8) is 0 Å². The van der Waals surface area contributed by atoms with E-state index in [0.717, 1.165) is 33.6 Å². The van der Waals surface area contributed by atoms with E-state index in [1.54, 1.807) is 29.8 Å². The zero-order valence-corrected chi connectivity index (χ0v) is 20.9. The van der Waals surface area contributed by atoms with Gasteiger partial charge in [-0.3, -0.25) is 14.2 Å². The summed E-state index contributed by atoms with van der Waals surface area (Å²) in [6, 6.07) is 17.7. The predicted octanol–water partition coefficient (Wildman–Crippen LogP) is 5.78. The molecule has 0 radical (unpaired) electrons. The third-order valence-electron chi connectivity index (χ3n) is 5.88. The number of aromatic nitrogens is 4. The van der Waals surface area contributed by atoms with Gasteiger partial charge in [0.05, 0.1) is 17.1 Å². The molecule has 1 atom stereocenters. The normalized spacial score (nSPS) is 12.1. The highest BCUT2D eigenvalue weighted by Gasteiger charge is 2.24. The first-order valence-corrected chi connectivity index (χ1v) is 12.3. The average molecular weight is 504 g/mol. The first kappa shape index (κ1) is 23.0. The number of amides is 1. The molecular formula is C26H22ClN5O2S. The zero-order chi connectivity index (χ0) is 24.7. The SMILES string of the molecule is Cc1cc(=O)n(C(C)C(=O)Nc2nc(-c3ccc(Cl)cc3)cs2)c2c1c(C)nn2-c1ccccc1. The standard InChI is InChI=1S/C26H22ClN5O2S/c1-15-13-22(33)31(25-23(15)16(2)30-32(25)20-7-5-4-6-8-20)17(3)24(34)29-26-28-21(14-35-26)18-9-11-19(27)12-10-18/h4-14,17H,1-3H3,(H,28,29,34). The molecule has 0 spiro atoms. The highest BCUT2D eigenvalue weighted by Crippen LogP contribution is 2.28. The Bertz CT molecular complexity index is 1600. The molecule has 176 valence electrons. The maximum Gasteiger partial charge on any atom is 0.253 e. The third kappa shape index (κ3) is 4.26. The second-order valence-electron chi connectivity index (χ2n) is 8.28. The van der Waals surface area contributed by atoms with Crippen LogP contribution in [-0.2, 0) is 4.79 Å². The molecular weight excluding hydrogens is 482 g/mol. The molecule has 7 nitrogen and oxygen atoms in total. The minimum atomic E-state index is -0.799. The molecule has 9 heteroatoms. The van der Waals surface area contributed by atoms with Crippen molar-refractivity contribution >= 4 is 45.0 Å². The van der Waals surface area contributed by atoms with Gasteiger partial charge in [0, 0.05) is 27.4 Å². The van der Waals surface area contributed by atoms with Crippen LogP contribution in [0, 0.1) is 13.8 Å². The topological polar surface area (TPSA) is 81.8 Å². The largest absolute Gasteiger partial charge is 0.300 e. The molecule has 0 aliphatic heterocycles. The van der Waals surface area contributed by atoms with Crippen molar-refractivity contribution in [2.45, 2.75) is 26.8 Å². The number of aryl methyl sites for hydroxylation is 2. The summed E-state index contributed by atoms with van der Waals surface area (Å²) in [5.41, 5.74) is 4.37. The van der Waals surface area contributed by atoms with Gasteiger partial charge in [0.25, 0.3) is 5.56 Å². The smallest absolute Gasteiger partial charge is 0.253 e. The van der Waals surface area contributed by atoms with E-state index >= 15 is 0 Å². The van der Waals surface area contributed by atoms with Crippen LogP contribution in [0.5, 0.6) is 0 Å². The highest BCUT2D eigenvalue weighted by atomic mass is 35.5. The Labute approximate surface area is 210 Å². The van der Waals surface area contributed by atoms with Crippen LogP contribution in [0.2, 0.25) is 5.02 Å². The number of carbonyl (C=O) groups excluding carboxylic acids is 1. The van der Waals surface area contributed by atoms with E-state index < -0.39 is 6.04 Å². The number of para-hydroxylation sites is 1. The minimum Gasteiger partial charge on any atom is -0.300 e. The summed E-state index contributed by atoms with van der Waals surface area (Å²) in [7, 11) is 0. The van der Waals surface area contributed by atoms with Crippen LogP contribution in [-0.4, -0.2) is 25.2 Å². The van der Waals surface area contributed by atoms with Crippen molar-refractivity contribution in [3.05, 3.63) is 92.7 Å². The molecule has 1 unspecified atom stereocenters. The molecule has 3 aromatic heterocycles. The van der Waals surface area contributed by atoms with Crippen LogP contribution in [0.4, 0.5) is 5.13 Å². The van der Waals surface area contributed by atoms with E-state index in [2.05, 4.69) is 10.3 Å². The van der Waals surface area contributed by atoms with Crippen molar-refractivity contribution < 1.29 is 4.79 Å². The fourth-order valence-electron chi connectivity index (χ4n) is 4.17. The zero-order valence-electron chi connectivity index (χ0n) is 19.3. The van der Waals surface area contributed by atoms with E-state index in [1.807, 2.05) is 61.7 Å². The number of nitrogens with zero attached hydrogens (tertiary/aromatic N) is 4. The van der Waals surface area contributed by atoms with E-state index in [0.29, 0.717) is 15.8 Å². The van der Waals surface area contributed by atoms with Crippen LogP contribution in [0.3, 0.4) is 0 Å². The van der Waals surface area contributed by atoms with Crippen molar-refractivity contribution in [2.24, 2.45) is 0 Å². The quantitative estimate of drug-likeness (QED) is 0.329. The molecule has 0 fully saturated rings. The number of pyridine rings is 1. The van der Waals surface area contributed by atoms with Crippen LogP contribution in [0.15, 0.2) is 70.8 Å². The van der Waals surface area contributed by atoms with Gasteiger partial charge >= 0.3 is 0 Å². The molecule has 0 bridgehead atoms. The molecule has 3 heterocycles. The minimum absolute atomic E-state index is 0.268. The summed E-state index contributed by atoms with van der Waals surface area (Å²) < 4.78 is 3.23. The number of rotatable bonds is 5. The van der Waals surface area contributed by atoms with Gasteiger partial charge in [-0.25, -0.2) is 9.67 Å².